The first-order valence-electron chi connectivity index (χ1n) is 12.0. The minimum atomic E-state index is -0.709. The summed E-state index contributed by atoms with van der Waals surface area (Å²) in [5.41, 5.74) is 2.80. The molecule has 2 amide bonds. The molecule has 0 fully saturated rings. The van der Waals surface area contributed by atoms with Crippen molar-refractivity contribution in [1.29, 1.82) is 0 Å². The van der Waals surface area contributed by atoms with E-state index in [1.165, 1.54) is 5.56 Å². The monoisotopic (exact) mass is 542 g/mol. The Kier molecular flexibility index (Phi) is 10.7. The highest BCUT2D eigenvalue weighted by atomic mass is 35.5. The molecule has 190 valence electrons. The predicted octanol–water partition coefficient (Wildman–Crippen LogP) is 6.95. The van der Waals surface area contributed by atoms with Gasteiger partial charge < -0.3 is 10.2 Å². The van der Waals surface area contributed by atoms with Gasteiger partial charge in [0, 0.05) is 51.7 Å². The van der Waals surface area contributed by atoms with Gasteiger partial charge in [0.15, 0.2) is 0 Å². The third-order valence-electron chi connectivity index (χ3n) is 5.70. The van der Waals surface area contributed by atoms with Gasteiger partial charge in [-0.3, -0.25) is 9.59 Å². The molecular weight excluding hydrogens is 511 g/mol. The Hall–Kier alpha value is -2.47. The second-order valence-electron chi connectivity index (χ2n) is 9.00. The molecule has 0 saturated heterocycles. The van der Waals surface area contributed by atoms with Crippen LogP contribution in [0.1, 0.15) is 37.0 Å². The minimum absolute atomic E-state index is 0.0614. The smallest absolute Gasteiger partial charge is 0.243 e. The van der Waals surface area contributed by atoms with Crippen LogP contribution in [-0.2, 0) is 22.6 Å². The number of rotatable bonds is 11. The second-order valence-corrected chi connectivity index (χ2v) is 11.0. The van der Waals surface area contributed by atoms with Crippen LogP contribution in [0.3, 0.4) is 0 Å². The Labute approximate surface area is 228 Å². The standard InChI is InChI=1S/C29H32Cl2N2O2S/c1-20(2)32-29(35)27(18-22-8-5-4-6-9-22)33(19-24-25(30)10-7-11-26(24)31)28(34)16-17-36-23-14-12-21(3)13-15-23/h4-15,20,27H,16-19H2,1-3H3,(H,32,35)/t27-/m1/s1. The lowest BCUT2D eigenvalue weighted by Gasteiger charge is -2.32. The van der Waals surface area contributed by atoms with E-state index in [4.69, 9.17) is 23.2 Å². The number of carbonyl (C=O) groups is 2. The molecule has 0 aliphatic rings. The number of nitrogens with one attached hydrogen (secondary N) is 1. The molecule has 36 heavy (non-hydrogen) atoms. The molecule has 0 bridgehead atoms. The maximum absolute atomic E-state index is 13.7. The largest absolute Gasteiger partial charge is 0.352 e. The Morgan fingerprint density at radius 2 is 1.56 bits per heavy atom. The first-order valence-corrected chi connectivity index (χ1v) is 13.7. The van der Waals surface area contributed by atoms with E-state index < -0.39 is 6.04 Å². The molecule has 3 aromatic carbocycles. The van der Waals surface area contributed by atoms with Gasteiger partial charge in [-0.1, -0.05) is 77.3 Å². The van der Waals surface area contributed by atoms with E-state index in [0.29, 0.717) is 27.8 Å². The van der Waals surface area contributed by atoms with Crippen molar-refractivity contribution in [3.63, 3.8) is 0 Å². The van der Waals surface area contributed by atoms with Crippen molar-refractivity contribution in [3.05, 3.63) is 99.5 Å². The van der Waals surface area contributed by atoms with E-state index in [1.54, 1.807) is 34.9 Å². The number of hydrogen-bond acceptors (Lipinski definition) is 3. The van der Waals surface area contributed by atoms with Gasteiger partial charge in [0.05, 0.1) is 0 Å². The number of thioether (sulfide) groups is 1. The first-order chi connectivity index (χ1) is 17.2. The summed E-state index contributed by atoms with van der Waals surface area (Å²) < 4.78 is 0. The summed E-state index contributed by atoms with van der Waals surface area (Å²) >= 11 is 14.6. The second kappa shape index (κ2) is 13.7. The van der Waals surface area contributed by atoms with Gasteiger partial charge in [-0.15, -0.1) is 11.8 Å². The summed E-state index contributed by atoms with van der Waals surface area (Å²) in [4.78, 5) is 29.8. The molecule has 0 unspecified atom stereocenters. The van der Waals surface area contributed by atoms with Crippen molar-refractivity contribution in [3.8, 4) is 0 Å². The zero-order valence-corrected chi connectivity index (χ0v) is 23.2. The summed E-state index contributed by atoms with van der Waals surface area (Å²) in [6.07, 6.45) is 0.666. The highest BCUT2D eigenvalue weighted by Crippen LogP contribution is 2.28. The Morgan fingerprint density at radius 1 is 0.917 bits per heavy atom. The van der Waals surface area contributed by atoms with E-state index in [9.17, 15) is 9.59 Å². The number of aryl methyl sites for hydroxylation is 1. The first kappa shape index (κ1) is 28.1. The normalized spacial score (nSPS) is 11.8. The summed E-state index contributed by atoms with van der Waals surface area (Å²) in [6.45, 7) is 6.01. The van der Waals surface area contributed by atoms with Crippen molar-refractivity contribution in [2.24, 2.45) is 0 Å². The van der Waals surface area contributed by atoms with Gasteiger partial charge in [-0.2, -0.15) is 0 Å². The Balaban J connectivity index is 1.89. The SMILES string of the molecule is Cc1ccc(SCCC(=O)N(Cc2c(Cl)cccc2Cl)[C@H](Cc2ccccc2)C(=O)NC(C)C)cc1. The molecule has 0 spiro atoms. The molecular formula is C29H32Cl2N2O2S. The van der Waals surface area contributed by atoms with E-state index in [0.717, 1.165) is 10.5 Å². The van der Waals surface area contributed by atoms with E-state index in [1.807, 2.05) is 51.1 Å². The number of benzene rings is 3. The topological polar surface area (TPSA) is 49.4 Å². The lowest BCUT2D eigenvalue weighted by atomic mass is 10.0. The lowest BCUT2D eigenvalue weighted by molar-refractivity contribution is -0.141. The number of carbonyl (C=O) groups excluding carboxylic acids is 2. The van der Waals surface area contributed by atoms with Crippen LogP contribution < -0.4 is 5.32 Å². The molecule has 0 aromatic heterocycles. The summed E-state index contributed by atoms with van der Waals surface area (Å²) in [6, 6.07) is 22.5. The van der Waals surface area contributed by atoms with Crippen LogP contribution in [0.4, 0.5) is 0 Å². The summed E-state index contributed by atoms with van der Waals surface area (Å²) in [5.74, 6) is 0.278. The van der Waals surface area contributed by atoms with Crippen molar-refractivity contribution in [1.82, 2.24) is 10.2 Å². The maximum Gasteiger partial charge on any atom is 0.243 e. The van der Waals surface area contributed by atoms with Gasteiger partial charge >= 0.3 is 0 Å². The molecule has 0 aliphatic heterocycles. The number of nitrogens with zero attached hydrogens (tertiary/aromatic N) is 1. The molecule has 0 heterocycles. The quantitative estimate of drug-likeness (QED) is 0.266. The minimum Gasteiger partial charge on any atom is -0.352 e. The fraction of sp³-hybridized carbons (Fsp3) is 0.310. The summed E-state index contributed by atoms with van der Waals surface area (Å²) in [7, 11) is 0. The molecule has 1 N–H and O–H groups in total. The average molecular weight is 544 g/mol. The zero-order chi connectivity index (χ0) is 26.1. The third-order valence-corrected chi connectivity index (χ3v) is 7.42. The molecule has 3 aromatic rings. The molecule has 3 rings (SSSR count). The zero-order valence-electron chi connectivity index (χ0n) is 20.8. The maximum atomic E-state index is 13.7. The van der Waals surface area contributed by atoms with Gasteiger partial charge in [-0.05, 0) is 50.6 Å². The van der Waals surface area contributed by atoms with E-state index >= 15 is 0 Å². The summed E-state index contributed by atoms with van der Waals surface area (Å²) in [5, 5.41) is 3.94. The average Bonchev–Trinajstić information content (AvgIpc) is 2.84. The molecule has 7 heteroatoms. The predicted molar refractivity (Wildman–Crippen MR) is 151 cm³/mol. The van der Waals surface area contributed by atoms with Crippen molar-refractivity contribution < 1.29 is 9.59 Å². The van der Waals surface area contributed by atoms with Crippen LogP contribution in [0.5, 0.6) is 0 Å². The van der Waals surface area contributed by atoms with Gasteiger partial charge in [-0.25, -0.2) is 0 Å². The van der Waals surface area contributed by atoms with Gasteiger partial charge in [0.25, 0.3) is 0 Å². The van der Waals surface area contributed by atoms with Crippen molar-refractivity contribution in [2.75, 3.05) is 5.75 Å². The van der Waals surface area contributed by atoms with E-state index in [2.05, 4.69) is 29.6 Å². The van der Waals surface area contributed by atoms with E-state index in [-0.39, 0.29) is 30.8 Å². The van der Waals surface area contributed by atoms with Crippen LogP contribution in [0.15, 0.2) is 77.7 Å². The molecule has 1 atom stereocenters. The fourth-order valence-electron chi connectivity index (χ4n) is 3.82. The lowest BCUT2D eigenvalue weighted by Crippen LogP contribution is -2.52. The van der Waals surface area contributed by atoms with Crippen LogP contribution in [0.25, 0.3) is 0 Å². The van der Waals surface area contributed by atoms with Crippen molar-refractivity contribution >= 4 is 46.8 Å². The highest BCUT2D eigenvalue weighted by molar-refractivity contribution is 7.99. The number of hydrogen-bond donors (Lipinski definition) is 1. The molecule has 4 nitrogen and oxygen atoms in total. The fourth-order valence-corrected chi connectivity index (χ4v) is 5.18. The third kappa shape index (κ3) is 8.29. The van der Waals surface area contributed by atoms with Crippen LogP contribution in [-0.4, -0.2) is 34.6 Å². The number of halogens is 2. The van der Waals surface area contributed by atoms with Gasteiger partial charge in [0.2, 0.25) is 11.8 Å². The Morgan fingerprint density at radius 3 is 2.17 bits per heavy atom. The molecule has 0 radical (unpaired) electrons. The number of amides is 2. The van der Waals surface area contributed by atoms with Crippen LogP contribution in [0, 0.1) is 6.92 Å². The molecule has 0 aliphatic carbocycles. The Bertz CT molecular complexity index is 1130. The van der Waals surface area contributed by atoms with Crippen LogP contribution in [0.2, 0.25) is 10.0 Å². The highest BCUT2D eigenvalue weighted by Gasteiger charge is 2.31. The molecule has 0 saturated carbocycles. The van der Waals surface area contributed by atoms with Crippen molar-refractivity contribution in [2.45, 2.75) is 57.1 Å². The van der Waals surface area contributed by atoms with Gasteiger partial charge in [0.1, 0.15) is 6.04 Å². The van der Waals surface area contributed by atoms with Crippen LogP contribution >= 0.6 is 35.0 Å².